The monoisotopic (exact) mass is 260 g/mol. The largest absolute Gasteiger partial charge is 0.361 e. The number of aryl methyl sites for hydroxylation is 2. The van der Waals surface area contributed by atoms with E-state index >= 15 is 0 Å². The summed E-state index contributed by atoms with van der Waals surface area (Å²) in [4.78, 5) is 0. The summed E-state index contributed by atoms with van der Waals surface area (Å²) in [5.41, 5.74) is 1.85. The molecule has 0 aliphatic carbocycles. The SMILES string of the molecule is Cc1noc(C)c1C(C)NC(C)CS(C)(=O)=O. The van der Waals surface area contributed by atoms with Crippen LogP contribution in [0.1, 0.15) is 36.9 Å². The molecule has 1 aromatic heterocycles. The highest BCUT2D eigenvalue weighted by Crippen LogP contribution is 2.21. The molecule has 1 heterocycles. The predicted octanol–water partition coefficient (Wildman–Crippen LogP) is 1.38. The number of hydrogen-bond acceptors (Lipinski definition) is 5. The van der Waals surface area contributed by atoms with Crippen molar-refractivity contribution >= 4 is 9.84 Å². The first kappa shape index (κ1) is 14.2. The van der Waals surface area contributed by atoms with E-state index in [1.807, 2.05) is 27.7 Å². The average molecular weight is 260 g/mol. The van der Waals surface area contributed by atoms with E-state index < -0.39 is 9.84 Å². The fourth-order valence-electron chi connectivity index (χ4n) is 2.12. The summed E-state index contributed by atoms with van der Waals surface area (Å²) >= 11 is 0. The minimum atomic E-state index is -2.96. The van der Waals surface area contributed by atoms with Crippen molar-refractivity contribution in [3.63, 3.8) is 0 Å². The van der Waals surface area contributed by atoms with E-state index in [0.717, 1.165) is 17.0 Å². The van der Waals surface area contributed by atoms with Gasteiger partial charge in [-0.25, -0.2) is 8.42 Å². The molecule has 0 aliphatic rings. The molecule has 1 aromatic rings. The zero-order chi connectivity index (χ0) is 13.2. The van der Waals surface area contributed by atoms with Gasteiger partial charge in [0.2, 0.25) is 0 Å². The maximum Gasteiger partial charge on any atom is 0.148 e. The molecule has 98 valence electrons. The molecule has 17 heavy (non-hydrogen) atoms. The van der Waals surface area contributed by atoms with Crippen LogP contribution < -0.4 is 5.32 Å². The fraction of sp³-hybridized carbons (Fsp3) is 0.727. The molecule has 0 saturated carbocycles. The molecule has 0 amide bonds. The highest BCUT2D eigenvalue weighted by atomic mass is 32.2. The van der Waals surface area contributed by atoms with Crippen molar-refractivity contribution < 1.29 is 12.9 Å². The molecule has 0 bridgehead atoms. The van der Waals surface area contributed by atoms with Crippen LogP contribution in [-0.4, -0.2) is 31.6 Å². The van der Waals surface area contributed by atoms with Gasteiger partial charge >= 0.3 is 0 Å². The van der Waals surface area contributed by atoms with E-state index in [4.69, 9.17) is 4.52 Å². The summed E-state index contributed by atoms with van der Waals surface area (Å²) in [6.07, 6.45) is 1.24. The van der Waals surface area contributed by atoms with Gasteiger partial charge in [0.1, 0.15) is 15.6 Å². The molecule has 2 atom stereocenters. The molecular weight excluding hydrogens is 240 g/mol. The van der Waals surface area contributed by atoms with Crippen LogP contribution in [-0.2, 0) is 9.84 Å². The minimum absolute atomic E-state index is 0.0259. The minimum Gasteiger partial charge on any atom is -0.361 e. The Morgan fingerprint density at radius 1 is 1.35 bits per heavy atom. The van der Waals surface area contributed by atoms with E-state index in [0.29, 0.717) is 0 Å². The fourth-order valence-corrected chi connectivity index (χ4v) is 3.13. The predicted molar refractivity (Wildman–Crippen MR) is 66.7 cm³/mol. The second kappa shape index (κ2) is 5.18. The van der Waals surface area contributed by atoms with E-state index in [1.165, 1.54) is 6.26 Å². The maximum absolute atomic E-state index is 11.2. The van der Waals surface area contributed by atoms with Gasteiger partial charge in [0.05, 0.1) is 11.4 Å². The lowest BCUT2D eigenvalue weighted by molar-refractivity contribution is 0.390. The number of aromatic nitrogens is 1. The third-order valence-corrected chi connectivity index (χ3v) is 3.71. The first-order valence-electron chi connectivity index (χ1n) is 5.57. The molecule has 6 heteroatoms. The number of sulfone groups is 1. The molecule has 0 saturated heterocycles. The zero-order valence-electron chi connectivity index (χ0n) is 10.9. The lowest BCUT2D eigenvalue weighted by Crippen LogP contribution is -2.34. The van der Waals surface area contributed by atoms with E-state index in [-0.39, 0.29) is 17.8 Å². The second-order valence-corrected chi connectivity index (χ2v) is 6.80. The van der Waals surface area contributed by atoms with Gasteiger partial charge in [-0.2, -0.15) is 0 Å². The highest BCUT2D eigenvalue weighted by molar-refractivity contribution is 7.90. The van der Waals surface area contributed by atoms with Gasteiger partial charge in [-0.15, -0.1) is 0 Å². The highest BCUT2D eigenvalue weighted by Gasteiger charge is 2.19. The molecule has 2 unspecified atom stereocenters. The number of nitrogens with zero attached hydrogens (tertiary/aromatic N) is 1. The second-order valence-electron chi connectivity index (χ2n) is 4.62. The van der Waals surface area contributed by atoms with Gasteiger partial charge in [-0.05, 0) is 27.7 Å². The first-order valence-corrected chi connectivity index (χ1v) is 7.63. The Bertz CT molecular complexity index is 459. The number of rotatable bonds is 5. The molecule has 5 nitrogen and oxygen atoms in total. The van der Waals surface area contributed by atoms with Crippen LogP contribution in [0.15, 0.2) is 4.52 Å². The number of hydrogen-bond donors (Lipinski definition) is 1. The molecular formula is C11H20N2O3S. The normalized spacial score (nSPS) is 15.8. The van der Waals surface area contributed by atoms with Crippen LogP contribution in [0.3, 0.4) is 0 Å². The van der Waals surface area contributed by atoms with Gasteiger partial charge in [-0.3, -0.25) is 0 Å². The molecule has 0 aliphatic heterocycles. The Morgan fingerprint density at radius 2 is 1.94 bits per heavy atom. The summed E-state index contributed by atoms with van der Waals surface area (Å²) in [6.45, 7) is 7.57. The van der Waals surface area contributed by atoms with Gasteiger partial charge in [-0.1, -0.05) is 5.16 Å². The Kier molecular flexibility index (Phi) is 4.32. The van der Waals surface area contributed by atoms with Crippen molar-refractivity contribution in [3.8, 4) is 0 Å². The molecule has 0 radical (unpaired) electrons. The quantitative estimate of drug-likeness (QED) is 0.865. The average Bonchev–Trinajstić information content (AvgIpc) is 2.42. The van der Waals surface area contributed by atoms with E-state index in [2.05, 4.69) is 10.5 Å². The topological polar surface area (TPSA) is 72.2 Å². The Balaban J connectivity index is 2.70. The van der Waals surface area contributed by atoms with Crippen LogP contribution in [0.4, 0.5) is 0 Å². The Labute approximate surface area is 102 Å². The molecule has 0 aromatic carbocycles. The van der Waals surface area contributed by atoms with Gasteiger partial charge in [0.15, 0.2) is 0 Å². The molecule has 1 N–H and O–H groups in total. The van der Waals surface area contributed by atoms with Crippen molar-refractivity contribution in [2.75, 3.05) is 12.0 Å². The van der Waals surface area contributed by atoms with Gasteiger partial charge in [0, 0.05) is 23.9 Å². The summed E-state index contributed by atoms with van der Waals surface area (Å²) in [6, 6.07) is -0.0771. The molecule has 0 spiro atoms. The van der Waals surface area contributed by atoms with Crippen molar-refractivity contribution in [3.05, 3.63) is 17.0 Å². The molecule has 1 rings (SSSR count). The van der Waals surface area contributed by atoms with E-state index in [9.17, 15) is 8.42 Å². The smallest absolute Gasteiger partial charge is 0.148 e. The van der Waals surface area contributed by atoms with Crippen LogP contribution in [0.2, 0.25) is 0 Å². The molecule has 0 fully saturated rings. The van der Waals surface area contributed by atoms with Gasteiger partial charge < -0.3 is 9.84 Å². The summed E-state index contributed by atoms with van der Waals surface area (Å²) in [7, 11) is -2.96. The Morgan fingerprint density at radius 3 is 2.35 bits per heavy atom. The van der Waals surface area contributed by atoms with Crippen LogP contribution in [0.25, 0.3) is 0 Å². The van der Waals surface area contributed by atoms with Crippen LogP contribution in [0, 0.1) is 13.8 Å². The van der Waals surface area contributed by atoms with Crippen molar-refractivity contribution in [2.24, 2.45) is 0 Å². The summed E-state index contributed by atoms with van der Waals surface area (Å²) < 4.78 is 27.4. The zero-order valence-corrected chi connectivity index (χ0v) is 11.8. The Hall–Kier alpha value is -0.880. The van der Waals surface area contributed by atoms with Crippen molar-refractivity contribution in [1.29, 1.82) is 0 Å². The summed E-state index contributed by atoms with van der Waals surface area (Å²) in [5.74, 6) is 0.898. The standard InChI is InChI=1S/C11H20N2O3S/c1-7(6-17(5,14)15)12-8(2)11-9(3)13-16-10(11)4/h7-8,12H,6H2,1-5H3. The van der Waals surface area contributed by atoms with E-state index in [1.54, 1.807) is 0 Å². The first-order chi connectivity index (χ1) is 7.70. The third-order valence-electron chi connectivity index (χ3n) is 2.61. The maximum atomic E-state index is 11.2. The lowest BCUT2D eigenvalue weighted by Gasteiger charge is -2.19. The van der Waals surface area contributed by atoms with Gasteiger partial charge in [0.25, 0.3) is 0 Å². The van der Waals surface area contributed by atoms with Crippen molar-refractivity contribution in [1.82, 2.24) is 10.5 Å². The number of nitrogens with one attached hydrogen (secondary N) is 1. The van der Waals surface area contributed by atoms with Crippen molar-refractivity contribution in [2.45, 2.75) is 39.8 Å². The summed E-state index contributed by atoms with van der Waals surface area (Å²) in [5, 5.41) is 7.13. The van der Waals surface area contributed by atoms with Crippen LogP contribution in [0.5, 0.6) is 0 Å². The van der Waals surface area contributed by atoms with Crippen LogP contribution >= 0.6 is 0 Å². The lowest BCUT2D eigenvalue weighted by atomic mass is 10.1. The third kappa shape index (κ3) is 4.12.